The van der Waals surface area contributed by atoms with Crippen LogP contribution in [0, 0.1) is 5.92 Å². The van der Waals surface area contributed by atoms with Crippen LogP contribution in [0.25, 0.3) is 0 Å². The van der Waals surface area contributed by atoms with Crippen molar-refractivity contribution in [3.05, 3.63) is 46.6 Å². The molecule has 0 unspecified atom stereocenters. The molecule has 2 aromatic heterocycles. The fraction of sp³-hybridized carbons (Fsp3) is 0.375. The van der Waals surface area contributed by atoms with Crippen LogP contribution in [0.2, 0.25) is 0 Å². The van der Waals surface area contributed by atoms with Crippen molar-refractivity contribution in [3.63, 3.8) is 0 Å². The maximum Gasteiger partial charge on any atom is 0.258 e. The summed E-state index contributed by atoms with van der Waals surface area (Å²) >= 11 is 0. The number of nitrogens with one attached hydrogen (secondary N) is 2. The SMILES string of the molecule is CC1CCN(c2cc(NC(=O)c3ccc(=O)[nH]c3)ncn2)CC1. The van der Waals surface area contributed by atoms with E-state index in [0.717, 1.165) is 37.7 Å². The molecule has 1 amide bonds. The Labute approximate surface area is 133 Å². The third-order valence-corrected chi connectivity index (χ3v) is 4.05. The Hall–Kier alpha value is -2.70. The maximum absolute atomic E-state index is 12.1. The van der Waals surface area contributed by atoms with Crippen LogP contribution in [0.3, 0.4) is 0 Å². The van der Waals surface area contributed by atoms with Crippen molar-refractivity contribution in [2.24, 2.45) is 5.92 Å². The third-order valence-electron chi connectivity index (χ3n) is 4.05. The third kappa shape index (κ3) is 3.74. The summed E-state index contributed by atoms with van der Waals surface area (Å²) in [6.45, 7) is 4.18. The number of aromatic nitrogens is 3. The predicted molar refractivity (Wildman–Crippen MR) is 87.7 cm³/mol. The highest BCUT2D eigenvalue weighted by molar-refractivity contribution is 6.03. The van der Waals surface area contributed by atoms with E-state index in [-0.39, 0.29) is 11.5 Å². The fourth-order valence-corrected chi connectivity index (χ4v) is 2.57. The minimum atomic E-state index is -0.321. The van der Waals surface area contributed by atoms with Crippen molar-refractivity contribution in [1.82, 2.24) is 15.0 Å². The van der Waals surface area contributed by atoms with Gasteiger partial charge in [-0.05, 0) is 24.8 Å². The van der Waals surface area contributed by atoms with E-state index >= 15 is 0 Å². The zero-order valence-corrected chi connectivity index (χ0v) is 13.0. The van der Waals surface area contributed by atoms with E-state index in [1.165, 1.54) is 24.7 Å². The van der Waals surface area contributed by atoms with E-state index in [4.69, 9.17) is 0 Å². The first-order valence-corrected chi connectivity index (χ1v) is 7.69. The predicted octanol–water partition coefficient (Wildman–Crippen LogP) is 1.65. The Morgan fingerprint density at radius 3 is 2.78 bits per heavy atom. The summed E-state index contributed by atoms with van der Waals surface area (Å²) in [7, 11) is 0. The first kappa shape index (κ1) is 15.2. The molecule has 0 saturated carbocycles. The van der Waals surface area contributed by atoms with Gasteiger partial charge in [-0.25, -0.2) is 9.97 Å². The lowest BCUT2D eigenvalue weighted by Gasteiger charge is -2.31. The number of hydrogen-bond acceptors (Lipinski definition) is 5. The zero-order valence-electron chi connectivity index (χ0n) is 13.0. The number of rotatable bonds is 3. The Balaban J connectivity index is 1.71. The van der Waals surface area contributed by atoms with Crippen LogP contribution in [0.1, 0.15) is 30.1 Å². The lowest BCUT2D eigenvalue weighted by molar-refractivity contribution is 0.102. The van der Waals surface area contributed by atoms with Crippen LogP contribution in [-0.2, 0) is 0 Å². The number of pyridine rings is 1. The average molecular weight is 313 g/mol. The molecular weight excluding hydrogens is 294 g/mol. The minimum absolute atomic E-state index is 0.245. The van der Waals surface area contributed by atoms with Crippen molar-refractivity contribution in [2.75, 3.05) is 23.3 Å². The van der Waals surface area contributed by atoms with E-state index in [1.807, 2.05) is 0 Å². The van der Waals surface area contributed by atoms with Crippen LogP contribution >= 0.6 is 0 Å². The van der Waals surface area contributed by atoms with Gasteiger partial charge in [0.25, 0.3) is 5.91 Å². The standard InChI is InChI=1S/C16H19N5O2/c1-11-4-6-21(7-5-11)14-8-13(18-10-19-14)20-16(23)12-2-3-15(22)17-9-12/h2-3,8-11H,4-7H2,1H3,(H,17,22)(H,18,19,20,23). The van der Waals surface area contributed by atoms with Crippen LogP contribution in [0.15, 0.2) is 35.5 Å². The normalized spacial score (nSPS) is 15.4. The summed E-state index contributed by atoms with van der Waals surface area (Å²) in [6.07, 6.45) is 5.12. The largest absolute Gasteiger partial charge is 0.356 e. The van der Waals surface area contributed by atoms with E-state index in [0.29, 0.717) is 11.4 Å². The first-order valence-electron chi connectivity index (χ1n) is 7.69. The summed E-state index contributed by atoms with van der Waals surface area (Å²) in [5.41, 5.74) is 0.127. The number of nitrogens with zero attached hydrogens (tertiary/aromatic N) is 3. The smallest absolute Gasteiger partial charge is 0.258 e. The molecule has 23 heavy (non-hydrogen) atoms. The molecule has 0 spiro atoms. The fourth-order valence-electron chi connectivity index (χ4n) is 2.57. The molecule has 0 atom stereocenters. The minimum Gasteiger partial charge on any atom is -0.356 e. The number of hydrogen-bond donors (Lipinski definition) is 2. The molecule has 2 aromatic rings. The molecule has 120 valence electrons. The van der Waals surface area contributed by atoms with Gasteiger partial charge in [-0.15, -0.1) is 0 Å². The molecule has 0 bridgehead atoms. The molecule has 3 heterocycles. The van der Waals surface area contributed by atoms with Crippen LogP contribution in [0.5, 0.6) is 0 Å². The van der Waals surface area contributed by atoms with Crippen LogP contribution in [0.4, 0.5) is 11.6 Å². The molecule has 2 N–H and O–H groups in total. The van der Waals surface area contributed by atoms with Gasteiger partial charge in [-0.2, -0.15) is 0 Å². The summed E-state index contributed by atoms with van der Waals surface area (Å²) in [6, 6.07) is 4.57. The second-order valence-corrected chi connectivity index (χ2v) is 5.83. The highest BCUT2D eigenvalue weighted by atomic mass is 16.2. The second-order valence-electron chi connectivity index (χ2n) is 5.83. The van der Waals surface area contributed by atoms with Gasteiger partial charge in [-0.1, -0.05) is 6.92 Å². The van der Waals surface area contributed by atoms with E-state index < -0.39 is 0 Å². The van der Waals surface area contributed by atoms with Gasteiger partial charge in [0.05, 0.1) is 5.56 Å². The summed E-state index contributed by atoms with van der Waals surface area (Å²) in [5, 5.41) is 2.73. The molecule has 0 radical (unpaired) electrons. The molecule has 7 nitrogen and oxygen atoms in total. The Kier molecular flexibility index (Phi) is 4.36. The lowest BCUT2D eigenvalue weighted by Crippen LogP contribution is -2.33. The van der Waals surface area contributed by atoms with Crippen molar-refractivity contribution >= 4 is 17.5 Å². The number of aromatic amines is 1. The van der Waals surface area contributed by atoms with Gasteiger partial charge in [0.1, 0.15) is 18.0 Å². The van der Waals surface area contributed by atoms with Gasteiger partial charge >= 0.3 is 0 Å². The van der Waals surface area contributed by atoms with Gasteiger partial charge in [0, 0.05) is 31.4 Å². The second kappa shape index (κ2) is 6.60. The number of amides is 1. The van der Waals surface area contributed by atoms with E-state index in [9.17, 15) is 9.59 Å². The Morgan fingerprint density at radius 1 is 1.30 bits per heavy atom. The van der Waals surface area contributed by atoms with Gasteiger partial charge in [0.15, 0.2) is 0 Å². The van der Waals surface area contributed by atoms with Crippen molar-refractivity contribution in [1.29, 1.82) is 0 Å². The number of anilines is 2. The maximum atomic E-state index is 12.1. The highest BCUT2D eigenvalue weighted by Gasteiger charge is 2.17. The number of H-pyrrole nitrogens is 1. The summed E-state index contributed by atoms with van der Waals surface area (Å²) < 4.78 is 0. The van der Waals surface area contributed by atoms with Gasteiger partial charge < -0.3 is 15.2 Å². The molecule has 0 aliphatic carbocycles. The van der Waals surface area contributed by atoms with Crippen molar-refractivity contribution < 1.29 is 4.79 Å². The quantitative estimate of drug-likeness (QED) is 0.899. The van der Waals surface area contributed by atoms with Crippen molar-refractivity contribution in [2.45, 2.75) is 19.8 Å². The van der Waals surface area contributed by atoms with E-state index in [1.54, 1.807) is 6.07 Å². The lowest BCUT2D eigenvalue weighted by atomic mass is 9.99. The van der Waals surface area contributed by atoms with Crippen LogP contribution in [-0.4, -0.2) is 33.9 Å². The number of carbonyl (C=O) groups is 1. The summed E-state index contributed by atoms with van der Waals surface area (Å²) in [5.74, 6) is 1.69. The van der Waals surface area contributed by atoms with Crippen molar-refractivity contribution in [3.8, 4) is 0 Å². The highest BCUT2D eigenvalue weighted by Crippen LogP contribution is 2.22. The average Bonchev–Trinajstić information content (AvgIpc) is 2.56. The summed E-state index contributed by atoms with van der Waals surface area (Å²) in [4.78, 5) is 36.2. The zero-order chi connectivity index (χ0) is 16.2. The number of carbonyl (C=O) groups excluding carboxylic acids is 1. The molecule has 7 heteroatoms. The molecule has 1 saturated heterocycles. The molecule has 0 aromatic carbocycles. The molecule has 1 aliphatic heterocycles. The Bertz CT molecular complexity index is 730. The topological polar surface area (TPSA) is 91.0 Å². The first-order chi connectivity index (χ1) is 11.1. The van der Waals surface area contributed by atoms with Gasteiger partial charge in [0.2, 0.25) is 5.56 Å². The number of piperidine rings is 1. The van der Waals surface area contributed by atoms with Gasteiger partial charge in [-0.3, -0.25) is 9.59 Å². The molecule has 1 aliphatic rings. The molecule has 3 rings (SSSR count). The Morgan fingerprint density at radius 2 is 2.09 bits per heavy atom. The molecular formula is C16H19N5O2. The molecule has 1 fully saturated rings. The van der Waals surface area contributed by atoms with Crippen LogP contribution < -0.4 is 15.8 Å². The monoisotopic (exact) mass is 313 g/mol. The van der Waals surface area contributed by atoms with E-state index in [2.05, 4.69) is 32.1 Å².